The second-order valence-electron chi connectivity index (χ2n) is 4.87. The molecule has 0 bridgehead atoms. The Morgan fingerprint density at radius 1 is 1.10 bits per heavy atom. The van der Waals surface area contributed by atoms with Crippen LogP contribution < -0.4 is 10.5 Å². The molecule has 2 aromatic rings. The van der Waals surface area contributed by atoms with Crippen LogP contribution in [0.5, 0.6) is 0 Å². The highest BCUT2D eigenvalue weighted by Crippen LogP contribution is 2.28. The number of hydrogen-bond acceptors (Lipinski definition) is 3. The van der Waals surface area contributed by atoms with E-state index in [9.17, 15) is 8.42 Å². The molecule has 0 aromatic heterocycles. The number of rotatable bonds is 6. The first kappa shape index (κ1) is 15.5. The minimum Gasteiger partial charge on any atom is -0.399 e. The summed E-state index contributed by atoms with van der Waals surface area (Å²) in [5, 5.41) is 0. The minimum absolute atomic E-state index is 0.227. The van der Waals surface area contributed by atoms with Crippen LogP contribution in [0.25, 0.3) is 11.1 Å². The summed E-state index contributed by atoms with van der Waals surface area (Å²) in [5.41, 5.74) is 7.72. The molecule has 0 fully saturated rings. The molecule has 2 aromatic carbocycles. The molecular weight excluding hydrogens is 284 g/mol. The van der Waals surface area contributed by atoms with E-state index in [1.54, 1.807) is 12.1 Å². The molecule has 0 aliphatic rings. The summed E-state index contributed by atoms with van der Waals surface area (Å²) in [6.07, 6.45) is 1.74. The fourth-order valence-corrected chi connectivity index (χ4v) is 3.41. The maximum atomic E-state index is 12.5. The van der Waals surface area contributed by atoms with E-state index in [2.05, 4.69) is 4.72 Å². The van der Waals surface area contributed by atoms with Gasteiger partial charge in [-0.2, -0.15) is 0 Å². The first-order chi connectivity index (χ1) is 10.0. The van der Waals surface area contributed by atoms with Gasteiger partial charge in [-0.15, -0.1) is 0 Å². The standard InChI is InChI=1S/C16H20N2O2S/c1-2-3-11-18-21(19,20)16-12-14(17)9-10-15(16)13-7-5-4-6-8-13/h4-10,12,18H,2-3,11,17H2,1H3. The van der Waals surface area contributed by atoms with Crippen molar-refractivity contribution in [2.24, 2.45) is 0 Å². The normalized spacial score (nSPS) is 11.5. The van der Waals surface area contributed by atoms with E-state index in [0.717, 1.165) is 18.4 Å². The molecule has 0 radical (unpaired) electrons. The summed E-state index contributed by atoms with van der Waals surface area (Å²) < 4.78 is 27.6. The Morgan fingerprint density at radius 3 is 2.48 bits per heavy atom. The highest BCUT2D eigenvalue weighted by Gasteiger charge is 2.19. The van der Waals surface area contributed by atoms with Crippen molar-refractivity contribution >= 4 is 15.7 Å². The minimum atomic E-state index is -3.56. The van der Waals surface area contributed by atoms with Crippen LogP contribution in [0.15, 0.2) is 53.4 Å². The Balaban J connectivity index is 2.45. The van der Waals surface area contributed by atoms with Gasteiger partial charge < -0.3 is 5.73 Å². The number of hydrogen-bond donors (Lipinski definition) is 2. The zero-order chi connectivity index (χ0) is 15.3. The van der Waals surface area contributed by atoms with Gasteiger partial charge in [0.2, 0.25) is 10.0 Å². The maximum absolute atomic E-state index is 12.5. The van der Waals surface area contributed by atoms with Crippen LogP contribution in [0.4, 0.5) is 5.69 Å². The maximum Gasteiger partial charge on any atom is 0.241 e. The summed E-state index contributed by atoms with van der Waals surface area (Å²) in [4.78, 5) is 0.227. The first-order valence-electron chi connectivity index (χ1n) is 6.99. The van der Waals surface area contributed by atoms with Gasteiger partial charge in [-0.25, -0.2) is 13.1 Å². The molecule has 21 heavy (non-hydrogen) atoms. The van der Waals surface area contributed by atoms with Crippen molar-refractivity contribution in [3.63, 3.8) is 0 Å². The molecule has 2 rings (SSSR count). The van der Waals surface area contributed by atoms with Gasteiger partial charge in [-0.05, 0) is 24.1 Å². The lowest BCUT2D eigenvalue weighted by atomic mass is 10.1. The van der Waals surface area contributed by atoms with Gasteiger partial charge in [-0.3, -0.25) is 0 Å². The largest absolute Gasteiger partial charge is 0.399 e. The SMILES string of the molecule is CCCCNS(=O)(=O)c1cc(N)ccc1-c1ccccc1. The van der Waals surface area contributed by atoms with E-state index in [0.29, 0.717) is 17.8 Å². The lowest BCUT2D eigenvalue weighted by Crippen LogP contribution is -2.25. The zero-order valence-corrected chi connectivity index (χ0v) is 12.9. The number of anilines is 1. The smallest absolute Gasteiger partial charge is 0.241 e. The van der Waals surface area contributed by atoms with Gasteiger partial charge in [0.05, 0.1) is 4.90 Å². The molecular formula is C16H20N2O2S. The van der Waals surface area contributed by atoms with E-state index < -0.39 is 10.0 Å². The third kappa shape index (κ3) is 3.83. The monoisotopic (exact) mass is 304 g/mol. The van der Waals surface area contributed by atoms with E-state index in [-0.39, 0.29) is 4.90 Å². The Hall–Kier alpha value is -1.85. The van der Waals surface area contributed by atoms with E-state index in [1.165, 1.54) is 6.07 Å². The molecule has 0 aliphatic heterocycles. The zero-order valence-electron chi connectivity index (χ0n) is 12.0. The molecule has 0 spiro atoms. The highest BCUT2D eigenvalue weighted by atomic mass is 32.2. The lowest BCUT2D eigenvalue weighted by Gasteiger charge is -2.12. The Labute approximate surface area is 126 Å². The number of nitrogen functional groups attached to an aromatic ring is 1. The van der Waals surface area contributed by atoms with Crippen molar-refractivity contribution in [1.29, 1.82) is 0 Å². The highest BCUT2D eigenvalue weighted by molar-refractivity contribution is 7.89. The molecule has 112 valence electrons. The van der Waals surface area contributed by atoms with Crippen LogP contribution in [0.1, 0.15) is 19.8 Å². The average Bonchev–Trinajstić information content (AvgIpc) is 2.48. The summed E-state index contributed by atoms with van der Waals surface area (Å²) in [5.74, 6) is 0. The first-order valence-corrected chi connectivity index (χ1v) is 8.47. The van der Waals surface area contributed by atoms with Crippen LogP contribution in [0.3, 0.4) is 0 Å². The molecule has 3 N–H and O–H groups in total. The molecule has 0 unspecified atom stereocenters. The fourth-order valence-electron chi connectivity index (χ4n) is 2.08. The van der Waals surface area contributed by atoms with Crippen LogP contribution in [-0.4, -0.2) is 15.0 Å². The van der Waals surface area contributed by atoms with E-state index in [1.807, 2.05) is 37.3 Å². The van der Waals surface area contributed by atoms with Gasteiger partial charge >= 0.3 is 0 Å². The molecule has 4 nitrogen and oxygen atoms in total. The number of sulfonamides is 1. The van der Waals surface area contributed by atoms with Crippen LogP contribution >= 0.6 is 0 Å². The topological polar surface area (TPSA) is 72.2 Å². The molecule has 0 heterocycles. The van der Waals surface area contributed by atoms with Crippen molar-refractivity contribution in [2.75, 3.05) is 12.3 Å². The van der Waals surface area contributed by atoms with Crippen molar-refractivity contribution in [3.8, 4) is 11.1 Å². The van der Waals surface area contributed by atoms with Gasteiger partial charge in [0.15, 0.2) is 0 Å². The fraction of sp³-hybridized carbons (Fsp3) is 0.250. The van der Waals surface area contributed by atoms with Gasteiger partial charge in [0.25, 0.3) is 0 Å². The third-order valence-electron chi connectivity index (χ3n) is 3.20. The van der Waals surface area contributed by atoms with E-state index in [4.69, 9.17) is 5.73 Å². The average molecular weight is 304 g/mol. The summed E-state index contributed by atoms with van der Waals surface area (Å²) in [6, 6.07) is 14.4. The summed E-state index contributed by atoms with van der Waals surface area (Å²) in [7, 11) is -3.56. The second kappa shape index (κ2) is 6.74. The van der Waals surface area contributed by atoms with Crippen molar-refractivity contribution in [2.45, 2.75) is 24.7 Å². The summed E-state index contributed by atoms with van der Waals surface area (Å²) in [6.45, 7) is 2.45. The molecule has 5 heteroatoms. The Kier molecular flexibility index (Phi) is 4.98. The molecule has 0 saturated heterocycles. The Morgan fingerprint density at radius 2 is 1.81 bits per heavy atom. The predicted octanol–water partition coefficient (Wildman–Crippen LogP) is 3.01. The van der Waals surface area contributed by atoms with Gasteiger partial charge in [-0.1, -0.05) is 49.7 Å². The molecule has 0 amide bonds. The molecule has 0 aliphatic carbocycles. The summed E-state index contributed by atoms with van der Waals surface area (Å²) >= 11 is 0. The molecule has 0 saturated carbocycles. The van der Waals surface area contributed by atoms with Crippen LogP contribution in [0.2, 0.25) is 0 Å². The van der Waals surface area contributed by atoms with Crippen molar-refractivity contribution in [3.05, 3.63) is 48.5 Å². The number of benzene rings is 2. The second-order valence-corrected chi connectivity index (χ2v) is 6.61. The van der Waals surface area contributed by atoms with Crippen molar-refractivity contribution in [1.82, 2.24) is 4.72 Å². The van der Waals surface area contributed by atoms with Crippen LogP contribution in [0, 0.1) is 0 Å². The number of nitrogens with one attached hydrogen (secondary N) is 1. The van der Waals surface area contributed by atoms with Crippen LogP contribution in [-0.2, 0) is 10.0 Å². The number of nitrogens with two attached hydrogens (primary N) is 1. The molecule has 0 atom stereocenters. The van der Waals surface area contributed by atoms with Gasteiger partial charge in [0, 0.05) is 17.8 Å². The Bertz CT molecular complexity index is 697. The third-order valence-corrected chi connectivity index (χ3v) is 4.70. The number of unbranched alkanes of at least 4 members (excludes halogenated alkanes) is 1. The predicted molar refractivity (Wildman–Crippen MR) is 86.4 cm³/mol. The lowest BCUT2D eigenvalue weighted by molar-refractivity contribution is 0.578. The van der Waals surface area contributed by atoms with Crippen molar-refractivity contribution < 1.29 is 8.42 Å². The van der Waals surface area contributed by atoms with Gasteiger partial charge in [0.1, 0.15) is 0 Å². The van der Waals surface area contributed by atoms with E-state index >= 15 is 0 Å². The quantitative estimate of drug-likeness (QED) is 0.636.